The lowest BCUT2D eigenvalue weighted by Crippen LogP contribution is -2.34. The molecule has 1 aromatic rings. The van der Waals surface area contributed by atoms with Gasteiger partial charge in [0.05, 0.1) is 0 Å². The third kappa shape index (κ3) is 3.45. The Morgan fingerprint density at radius 3 is 2.71 bits per heavy atom. The summed E-state index contributed by atoms with van der Waals surface area (Å²) in [7, 11) is 0. The first-order chi connectivity index (χ1) is 10.2. The molecule has 116 valence electrons. The van der Waals surface area contributed by atoms with E-state index in [1.807, 2.05) is 0 Å². The van der Waals surface area contributed by atoms with Crippen LogP contribution in [-0.2, 0) is 6.42 Å². The van der Waals surface area contributed by atoms with Crippen LogP contribution in [0.3, 0.4) is 0 Å². The van der Waals surface area contributed by atoms with Crippen molar-refractivity contribution in [1.82, 2.24) is 5.32 Å². The molecule has 3 heteroatoms. The van der Waals surface area contributed by atoms with Gasteiger partial charge in [-0.2, -0.15) is 0 Å². The number of nitrogens with one attached hydrogen (secondary N) is 1. The van der Waals surface area contributed by atoms with Crippen LogP contribution in [-0.4, -0.2) is 12.6 Å². The SMILES string of the molecule is CCNC(Cc1ccc(F)cc1F)CC1CC2CCC1C2. The smallest absolute Gasteiger partial charge is 0.129 e. The standard InChI is InChI=1S/C18H25F2N/c1-2-21-17(9-14-5-6-16(19)11-18(14)20)10-15-8-12-3-4-13(15)7-12/h5-6,11-13,15,17,21H,2-4,7-10H2,1H3. The summed E-state index contributed by atoms with van der Waals surface area (Å²) in [5.41, 5.74) is 0.630. The lowest BCUT2D eigenvalue weighted by molar-refractivity contribution is 0.277. The number of rotatable bonds is 6. The Hall–Kier alpha value is -0.960. The van der Waals surface area contributed by atoms with E-state index in [-0.39, 0.29) is 0 Å². The van der Waals surface area contributed by atoms with E-state index in [2.05, 4.69) is 12.2 Å². The Morgan fingerprint density at radius 2 is 2.10 bits per heavy atom. The van der Waals surface area contributed by atoms with Gasteiger partial charge in [0.1, 0.15) is 11.6 Å². The van der Waals surface area contributed by atoms with Gasteiger partial charge in [0, 0.05) is 12.1 Å². The molecular weight excluding hydrogens is 268 g/mol. The highest BCUT2D eigenvalue weighted by Gasteiger charge is 2.40. The van der Waals surface area contributed by atoms with Gasteiger partial charge in [0.15, 0.2) is 0 Å². The largest absolute Gasteiger partial charge is 0.314 e. The molecule has 2 bridgehead atoms. The zero-order chi connectivity index (χ0) is 14.8. The van der Waals surface area contributed by atoms with Crippen LogP contribution >= 0.6 is 0 Å². The Kier molecular flexibility index (Phi) is 4.58. The molecular formula is C18H25F2N. The van der Waals surface area contributed by atoms with E-state index in [9.17, 15) is 8.78 Å². The second-order valence-electron chi connectivity index (χ2n) is 6.87. The zero-order valence-corrected chi connectivity index (χ0v) is 12.7. The molecule has 4 unspecified atom stereocenters. The molecule has 2 fully saturated rings. The van der Waals surface area contributed by atoms with Crippen molar-refractivity contribution < 1.29 is 8.78 Å². The fourth-order valence-electron chi connectivity index (χ4n) is 4.51. The van der Waals surface area contributed by atoms with Gasteiger partial charge < -0.3 is 5.32 Å². The molecule has 0 aliphatic heterocycles. The Labute approximate surface area is 126 Å². The topological polar surface area (TPSA) is 12.0 Å². The summed E-state index contributed by atoms with van der Waals surface area (Å²) in [6, 6.07) is 4.25. The summed E-state index contributed by atoms with van der Waals surface area (Å²) in [5.74, 6) is 1.74. The first-order valence-electron chi connectivity index (χ1n) is 8.33. The first kappa shape index (κ1) is 15.0. The minimum atomic E-state index is -0.496. The number of fused-ring (bicyclic) bond motifs is 2. The van der Waals surface area contributed by atoms with Crippen molar-refractivity contribution in [3.8, 4) is 0 Å². The maximum Gasteiger partial charge on any atom is 0.129 e. The van der Waals surface area contributed by atoms with Gasteiger partial charge in [0.25, 0.3) is 0 Å². The Bertz CT molecular complexity index is 488. The van der Waals surface area contributed by atoms with Gasteiger partial charge >= 0.3 is 0 Å². The highest BCUT2D eigenvalue weighted by atomic mass is 19.1. The van der Waals surface area contributed by atoms with E-state index in [0.717, 1.165) is 36.8 Å². The van der Waals surface area contributed by atoms with E-state index in [4.69, 9.17) is 0 Å². The molecule has 1 aromatic carbocycles. The second kappa shape index (κ2) is 6.43. The maximum atomic E-state index is 13.8. The molecule has 0 amide bonds. The van der Waals surface area contributed by atoms with Crippen LogP contribution in [0.4, 0.5) is 8.78 Å². The Balaban J connectivity index is 1.64. The van der Waals surface area contributed by atoms with Gasteiger partial charge in [-0.1, -0.05) is 19.4 Å². The average molecular weight is 293 g/mol. The van der Waals surface area contributed by atoms with Crippen molar-refractivity contribution in [3.63, 3.8) is 0 Å². The van der Waals surface area contributed by atoms with Crippen molar-refractivity contribution in [2.45, 2.75) is 51.5 Å². The van der Waals surface area contributed by atoms with Crippen LogP contribution in [0.15, 0.2) is 18.2 Å². The summed E-state index contributed by atoms with van der Waals surface area (Å²) >= 11 is 0. The van der Waals surface area contributed by atoms with E-state index in [1.165, 1.54) is 31.7 Å². The first-order valence-corrected chi connectivity index (χ1v) is 8.33. The predicted octanol–water partition coefficient (Wildman–Crippen LogP) is 4.31. The monoisotopic (exact) mass is 293 g/mol. The fourth-order valence-corrected chi connectivity index (χ4v) is 4.51. The fraction of sp³-hybridized carbons (Fsp3) is 0.667. The molecule has 0 saturated heterocycles. The van der Waals surface area contributed by atoms with Crippen molar-refractivity contribution >= 4 is 0 Å². The van der Waals surface area contributed by atoms with Crippen LogP contribution in [0, 0.1) is 29.4 Å². The quantitative estimate of drug-likeness (QED) is 0.824. The summed E-state index contributed by atoms with van der Waals surface area (Å²) in [4.78, 5) is 0. The lowest BCUT2D eigenvalue weighted by Gasteiger charge is -2.27. The van der Waals surface area contributed by atoms with Crippen LogP contribution in [0.25, 0.3) is 0 Å². The molecule has 3 rings (SSSR count). The third-order valence-electron chi connectivity index (χ3n) is 5.45. The summed E-state index contributed by atoms with van der Waals surface area (Å²) < 4.78 is 26.9. The second-order valence-corrected chi connectivity index (χ2v) is 6.87. The number of hydrogen-bond acceptors (Lipinski definition) is 1. The zero-order valence-electron chi connectivity index (χ0n) is 12.7. The molecule has 1 nitrogen and oxygen atoms in total. The maximum absolute atomic E-state index is 13.8. The van der Waals surface area contributed by atoms with Crippen molar-refractivity contribution in [3.05, 3.63) is 35.4 Å². The predicted molar refractivity (Wildman–Crippen MR) is 81.1 cm³/mol. The molecule has 1 N–H and O–H groups in total. The normalized spacial score (nSPS) is 29.0. The van der Waals surface area contributed by atoms with Crippen LogP contribution in [0.5, 0.6) is 0 Å². The van der Waals surface area contributed by atoms with Crippen LogP contribution in [0.2, 0.25) is 0 Å². The van der Waals surface area contributed by atoms with Crippen molar-refractivity contribution in [2.24, 2.45) is 17.8 Å². The molecule has 0 spiro atoms. The van der Waals surface area contributed by atoms with E-state index in [0.29, 0.717) is 18.0 Å². The summed E-state index contributed by atoms with van der Waals surface area (Å²) in [6.07, 6.45) is 7.37. The molecule has 2 aliphatic rings. The highest BCUT2D eigenvalue weighted by Crippen LogP contribution is 2.50. The number of benzene rings is 1. The van der Waals surface area contributed by atoms with Gasteiger partial charge in [-0.25, -0.2) is 8.78 Å². The minimum Gasteiger partial charge on any atom is -0.314 e. The third-order valence-corrected chi connectivity index (χ3v) is 5.45. The molecule has 2 saturated carbocycles. The number of likely N-dealkylation sites (N-methyl/N-ethyl adjacent to an activating group) is 1. The van der Waals surface area contributed by atoms with E-state index >= 15 is 0 Å². The number of halogens is 2. The van der Waals surface area contributed by atoms with Crippen LogP contribution < -0.4 is 5.32 Å². The van der Waals surface area contributed by atoms with Gasteiger partial charge in [0.2, 0.25) is 0 Å². The molecule has 0 radical (unpaired) electrons. The molecule has 0 aromatic heterocycles. The van der Waals surface area contributed by atoms with Crippen molar-refractivity contribution in [2.75, 3.05) is 6.54 Å². The molecule has 4 atom stereocenters. The molecule has 2 aliphatic carbocycles. The average Bonchev–Trinajstić information content (AvgIpc) is 3.04. The molecule has 0 heterocycles. The lowest BCUT2D eigenvalue weighted by atomic mass is 9.83. The van der Waals surface area contributed by atoms with Gasteiger partial charge in [-0.05, 0) is 68.0 Å². The minimum absolute atomic E-state index is 0.305. The van der Waals surface area contributed by atoms with Gasteiger partial charge in [-0.15, -0.1) is 0 Å². The highest BCUT2D eigenvalue weighted by molar-refractivity contribution is 5.19. The summed E-state index contributed by atoms with van der Waals surface area (Å²) in [5, 5.41) is 3.50. The van der Waals surface area contributed by atoms with Gasteiger partial charge in [-0.3, -0.25) is 0 Å². The summed E-state index contributed by atoms with van der Waals surface area (Å²) in [6.45, 7) is 2.99. The van der Waals surface area contributed by atoms with Crippen molar-refractivity contribution in [1.29, 1.82) is 0 Å². The number of hydrogen-bond donors (Lipinski definition) is 1. The van der Waals surface area contributed by atoms with E-state index in [1.54, 1.807) is 6.07 Å². The van der Waals surface area contributed by atoms with Crippen LogP contribution in [0.1, 0.15) is 44.6 Å². The Morgan fingerprint density at radius 1 is 1.24 bits per heavy atom. The van der Waals surface area contributed by atoms with E-state index < -0.39 is 11.6 Å². The molecule has 21 heavy (non-hydrogen) atoms.